The first-order valence-electron chi connectivity index (χ1n) is 7.28. The normalized spacial score (nSPS) is 17.3. The van der Waals surface area contributed by atoms with Gasteiger partial charge in [-0.25, -0.2) is 0 Å². The van der Waals surface area contributed by atoms with Gasteiger partial charge in [-0.05, 0) is 59.6 Å². The van der Waals surface area contributed by atoms with E-state index in [1.54, 1.807) is 6.26 Å². The van der Waals surface area contributed by atoms with Gasteiger partial charge in [0.15, 0.2) is 4.67 Å². The molecule has 0 aliphatic carbocycles. The lowest BCUT2D eigenvalue weighted by atomic mass is 9.95. The summed E-state index contributed by atoms with van der Waals surface area (Å²) in [7, 11) is 0. The zero-order valence-corrected chi connectivity index (χ0v) is 14.2. The maximum absolute atomic E-state index is 5.96. The number of ether oxygens (including phenoxy) is 1. The molecule has 2 aromatic rings. The van der Waals surface area contributed by atoms with Crippen molar-refractivity contribution in [3.63, 3.8) is 0 Å². The largest absolute Gasteiger partial charge is 0.487 e. The van der Waals surface area contributed by atoms with Crippen molar-refractivity contribution in [1.29, 1.82) is 0 Å². The highest BCUT2D eigenvalue weighted by atomic mass is 79.9. The van der Waals surface area contributed by atoms with Crippen LogP contribution in [-0.2, 0) is 6.42 Å². The summed E-state index contributed by atoms with van der Waals surface area (Å²) < 4.78 is 12.1. The van der Waals surface area contributed by atoms with Gasteiger partial charge in [0.1, 0.15) is 11.4 Å². The quantitative estimate of drug-likeness (QED) is 0.884. The first-order chi connectivity index (χ1) is 10.00. The molecule has 0 saturated heterocycles. The highest BCUT2D eigenvalue weighted by Gasteiger charge is 2.30. The molecule has 0 radical (unpaired) electrons. The number of halogens is 1. The lowest BCUT2D eigenvalue weighted by molar-refractivity contribution is 0.138. The Bertz CT molecular complexity index is 648. The number of rotatable bonds is 4. The molecule has 1 aliphatic heterocycles. The molecule has 1 atom stereocenters. The van der Waals surface area contributed by atoms with Crippen molar-refractivity contribution in [2.45, 2.75) is 38.8 Å². The zero-order chi connectivity index (χ0) is 15.0. The van der Waals surface area contributed by atoms with Crippen molar-refractivity contribution in [3.05, 3.63) is 51.9 Å². The standard InChI is InChI=1S/C17H20BrNO2/c1-4-19-15(13-7-8-20-16(13)18)11-5-6-14-12(9-11)10-17(2,3)21-14/h5-9,15,19H,4,10H2,1-3H3. The third-order valence-corrected chi connectivity index (χ3v) is 4.43. The summed E-state index contributed by atoms with van der Waals surface area (Å²) in [6.07, 6.45) is 2.66. The highest BCUT2D eigenvalue weighted by Crippen LogP contribution is 2.38. The molecule has 0 bridgehead atoms. The molecule has 0 spiro atoms. The smallest absolute Gasteiger partial charge is 0.174 e. The average molecular weight is 350 g/mol. The fourth-order valence-electron chi connectivity index (χ4n) is 2.93. The van der Waals surface area contributed by atoms with E-state index in [-0.39, 0.29) is 11.6 Å². The Morgan fingerprint density at radius 1 is 1.33 bits per heavy atom. The molecule has 1 N–H and O–H groups in total. The second-order valence-electron chi connectivity index (χ2n) is 6.05. The van der Waals surface area contributed by atoms with E-state index >= 15 is 0 Å². The number of hydrogen-bond acceptors (Lipinski definition) is 3. The van der Waals surface area contributed by atoms with Crippen molar-refractivity contribution in [3.8, 4) is 5.75 Å². The van der Waals surface area contributed by atoms with E-state index in [2.05, 4.69) is 60.2 Å². The fourth-order valence-corrected chi connectivity index (χ4v) is 3.40. The van der Waals surface area contributed by atoms with Crippen LogP contribution in [0.25, 0.3) is 0 Å². The summed E-state index contributed by atoms with van der Waals surface area (Å²) in [4.78, 5) is 0. The molecule has 3 nitrogen and oxygen atoms in total. The Balaban J connectivity index is 1.97. The van der Waals surface area contributed by atoms with E-state index in [0.717, 1.165) is 28.9 Å². The van der Waals surface area contributed by atoms with Crippen LogP contribution in [0.15, 0.2) is 39.6 Å². The molecule has 21 heavy (non-hydrogen) atoms. The van der Waals surface area contributed by atoms with Gasteiger partial charge in [0, 0.05) is 12.0 Å². The summed E-state index contributed by atoms with van der Waals surface area (Å²) in [6, 6.07) is 8.59. The molecule has 2 heterocycles. The molecule has 0 saturated carbocycles. The van der Waals surface area contributed by atoms with E-state index in [0.29, 0.717) is 0 Å². The molecule has 0 fully saturated rings. The Morgan fingerprint density at radius 3 is 2.81 bits per heavy atom. The second kappa shape index (κ2) is 5.50. The van der Waals surface area contributed by atoms with Crippen LogP contribution in [-0.4, -0.2) is 12.1 Å². The van der Waals surface area contributed by atoms with E-state index in [1.165, 1.54) is 11.1 Å². The minimum Gasteiger partial charge on any atom is -0.487 e. The first-order valence-corrected chi connectivity index (χ1v) is 8.07. The molecule has 1 unspecified atom stereocenters. The molecular formula is C17H20BrNO2. The van der Waals surface area contributed by atoms with Crippen molar-refractivity contribution < 1.29 is 9.15 Å². The molecule has 0 amide bonds. The van der Waals surface area contributed by atoms with E-state index in [9.17, 15) is 0 Å². The van der Waals surface area contributed by atoms with Gasteiger partial charge in [-0.2, -0.15) is 0 Å². The summed E-state index contributed by atoms with van der Waals surface area (Å²) in [5, 5.41) is 3.52. The van der Waals surface area contributed by atoms with Crippen LogP contribution >= 0.6 is 15.9 Å². The van der Waals surface area contributed by atoms with Crippen molar-refractivity contribution >= 4 is 15.9 Å². The van der Waals surface area contributed by atoms with Gasteiger partial charge >= 0.3 is 0 Å². The van der Waals surface area contributed by atoms with Gasteiger partial charge in [-0.15, -0.1) is 0 Å². The van der Waals surface area contributed by atoms with Crippen LogP contribution in [0.1, 0.15) is 43.5 Å². The van der Waals surface area contributed by atoms with E-state index in [1.807, 2.05) is 6.07 Å². The summed E-state index contributed by atoms with van der Waals surface area (Å²) in [6.45, 7) is 7.25. The van der Waals surface area contributed by atoms with Crippen LogP contribution in [0.5, 0.6) is 5.75 Å². The zero-order valence-electron chi connectivity index (χ0n) is 12.6. The predicted molar refractivity (Wildman–Crippen MR) is 86.8 cm³/mol. The first kappa shape index (κ1) is 14.7. The highest BCUT2D eigenvalue weighted by molar-refractivity contribution is 9.10. The summed E-state index contributed by atoms with van der Waals surface area (Å²) in [5.41, 5.74) is 3.53. The molecule has 1 aliphatic rings. The lowest BCUT2D eigenvalue weighted by Crippen LogP contribution is -2.24. The van der Waals surface area contributed by atoms with Crippen molar-refractivity contribution in [1.82, 2.24) is 5.32 Å². The SMILES string of the molecule is CCNC(c1ccc2c(c1)CC(C)(C)O2)c1ccoc1Br. The molecule has 4 heteroatoms. The van der Waals surface area contributed by atoms with E-state index in [4.69, 9.17) is 9.15 Å². The Labute approximate surface area is 133 Å². The van der Waals surface area contributed by atoms with Crippen molar-refractivity contribution in [2.75, 3.05) is 6.54 Å². The number of hydrogen-bond donors (Lipinski definition) is 1. The molecule has 112 valence electrons. The minimum atomic E-state index is -0.106. The monoisotopic (exact) mass is 349 g/mol. The van der Waals surface area contributed by atoms with Gasteiger partial charge in [0.05, 0.1) is 12.3 Å². The van der Waals surface area contributed by atoms with Gasteiger partial charge in [-0.1, -0.05) is 19.1 Å². The molecule has 3 rings (SSSR count). The number of nitrogens with one attached hydrogen (secondary N) is 1. The van der Waals surface area contributed by atoms with Gasteiger partial charge < -0.3 is 14.5 Å². The third kappa shape index (κ3) is 2.87. The number of benzene rings is 1. The number of furan rings is 1. The van der Waals surface area contributed by atoms with Crippen LogP contribution < -0.4 is 10.1 Å². The van der Waals surface area contributed by atoms with Crippen molar-refractivity contribution in [2.24, 2.45) is 0 Å². The Morgan fingerprint density at radius 2 is 2.14 bits per heavy atom. The van der Waals surface area contributed by atoms with Gasteiger partial charge in [0.2, 0.25) is 0 Å². The maximum Gasteiger partial charge on any atom is 0.174 e. The Hall–Kier alpha value is -1.26. The van der Waals surface area contributed by atoms with Gasteiger partial charge in [-0.3, -0.25) is 0 Å². The predicted octanol–water partition coefficient (Wildman–Crippen LogP) is 4.45. The number of fused-ring (bicyclic) bond motifs is 1. The third-order valence-electron chi connectivity index (χ3n) is 3.79. The van der Waals surface area contributed by atoms with Crippen LogP contribution in [0, 0.1) is 0 Å². The van der Waals surface area contributed by atoms with Crippen LogP contribution in [0.4, 0.5) is 0 Å². The summed E-state index contributed by atoms with van der Waals surface area (Å²) in [5.74, 6) is 1.00. The lowest BCUT2D eigenvalue weighted by Gasteiger charge is -2.18. The molecule has 1 aromatic carbocycles. The molecule has 1 aromatic heterocycles. The maximum atomic E-state index is 5.96. The average Bonchev–Trinajstić information content (AvgIpc) is 2.96. The second-order valence-corrected chi connectivity index (χ2v) is 6.77. The topological polar surface area (TPSA) is 34.4 Å². The minimum absolute atomic E-state index is 0.106. The summed E-state index contributed by atoms with van der Waals surface area (Å²) >= 11 is 3.48. The van der Waals surface area contributed by atoms with Crippen LogP contribution in [0.3, 0.4) is 0 Å². The fraction of sp³-hybridized carbons (Fsp3) is 0.412. The Kier molecular flexibility index (Phi) is 3.84. The van der Waals surface area contributed by atoms with Gasteiger partial charge in [0.25, 0.3) is 0 Å². The van der Waals surface area contributed by atoms with Crippen LogP contribution in [0.2, 0.25) is 0 Å². The van der Waals surface area contributed by atoms with E-state index < -0.39 is 0 Å². The molecular weight excluding hydrogens is 330 g/mol.